The van der Waals surface area contributed by atoms with E-state index in [1.54, 1.807) is 0 Å². The number of halogens is 2. The van der Waals surface area contributed by atoms with Crippen LogP contribution in [-0.4, -0.2) is 12.3 Å². The molecule has 0 aliphatic heterocycles. The molecule has 0 amide bonds. The molecule has 0 spiro atoms. The van der Waals surface area contributed by atoms with Crippen molar-refractivity contribution in [2.24, 2.45) is 23.7 Å². The lowest BCUT2D eigenvalue weighted by Crippen LogP contribution is -2.51. The second-order valence-corrected chi connectivity index (χ2v) is 6.11. The van der Waals surface area contributed by atoms with Crippen molar-refractivity contribution < 1.29 is 8.78 Å². The van der Waals surface area contributed by atoms with Gasteiger partial charge in [-0.15, -0.1) is 0 Å². The summed E-state index contributed by atoms with van der Waals surface area (Å²) in [6, 6.07) is 0. The van der Waals surface area contributed by atoms with Gasteiger partial charge in [0.1, 0.15) is 12.3 Å². The molecule has 2 heteroatoms. The van der Waals surface area contributed by atoms with Crippen LogP contribution in [0.4, 0.5) is 8.78 Å². The SMILES string of the molecule is FC1C2CCCCC2C(F)C2CCCCC12. The molecule has 3 saturated carbocycles. The molecule has 3 aliphatic carbocycles. The maximum atomic E-state index is 14.5. The molecule has 0 nitrogen and oxygen atoms in total. The molecule has 0 bridgehead atoms. The van der Waals surface area contributed by atoms with Crippen LogP contribution in [0.2, 0.25) is 0 Å². The minimum atomic E-state index is -0.692. The van der Waals surface area contributed by atoms with Gasteiger partial charge in [0.2, 0.25) is 0 Å². The van der Waals surface area contributed by atoms with Crippen molar-refractivity contribution in [1.82, 2.24) is 0 Å². The third kappa shape index (κ3) is 1.60. The summed E-state index contributed by atoms with van der Waals surface area (Å²) in [5.74, 6) is 0.234. The van der Waals surface area contributed by atoms with Crippen molar-refractivity contribution >= 4 is 0 Å². The predicted octanol–water partition coefficient (Wildman–Crippen LogP) is 4.29. The molecule has 3 aliphatic rings. The van der Waals surface area contributed by atoms with E-state index in [4.69, 9.17) is 0 Å². The van der Waals surface area contributed by atoms with Crippen LogP contribution in [-0.2, 0) is 0 Å². The van der Waals surface area contributed by atoms with Gasteiger partial charge in [0.15, 0.2) is 0 Å². The first-order valence-electron chi connectivity index (χ1n) is 7.07. The van der Waals surface area contributed by atoms with Gasteiger partial charge in [-0.25, -0.2) is 8.78 Å². The Morgan fingerprint density at radius 1 is 0.500 bits per heavy atom. The first-order chi connectivity index (χ1) is 7.79. The lowest BCUT2D eigenvalue weighted by Gasteiger charge is -2.50. The lowest BCUT2D eigenvalue weighted by molar-refractivity contribution is -0.0854. The van der Waals surface area contributed by atoms with Crippen LogP contribution in [0.1, 0.15) is 51.4 Å². The van der Waals surface area contributed by atoms with Crippen molar-refractivity contribution in [3.8, 4) is 0 Å². The molecule has 0 aromatic heterocycles. The highest BCUT2D eigenvalue weighted by molar-refractivity contribution is 5.00. The molecule has 0 aromatic rings. The highest BCUT2D eigenvalue weighted by Crippen LogP contribution is 2.52. The van der Waals surface area contributed by atoms with Crippen LogP contribution >= 0.6 is 0 Å². The summed E-state index contributed by atoms with van der Waals surface area (Å²) in [4.78, 5) is 0. The van der Waals surface area contributed by atoms with Gasteiger partial charge in [-0.3, -0.25) is 0 Å². The maximum absolute atomic E-state index is 14.5. The number of rotatable bonds is 0. The van der Waals surface area contributed by atoms with E-state index < -0.39 is 12.3 Å². The average molecular weight is 228 g/mol. The molecule has 4 unspecified atom stereocenters. The fourth-order valence-corrected chi connectivity index (χ4v) is 4.59. The first kappa shape index (κ1) is 11.0. The monoisotopic (exact) mass is 228 g/mol. The van der Waals surface area contributed by atoms with Crippen LogP contribution in [0.25, 0.3) is 0 Å². The van der Waals surface area contributed by atoms with Crippen LogP contribution in [0.5, 0.6) is 0 Å². The number of hydrogen-bond donors (Lipinski definition) is 0. The Balaban J connectivity index is 1.83. The van der Waals surface area contributed by atoms with Crippen LogP contribution < -0.4 is 0 Å². The Labute approximate surface area is 96.8 Å². The Hall–Kier alpha value is -0.140. The standard InChI is InChI=1S/C14H22F2/c15-13-9-5-1-2-6-10(9)14(16)12-8-4-3-7-11(12)13/h9-14H,1-8H2. The quantitative estimate of drug-likeness (QED) is 0.580. The minimum Gasteiger partial charge on any atom is -0.247 e. The average Bonchev–Trinajstić information content (AvgIpc) is 2.36. The fraction of sp³-hybridized carbons (Fsp3) is 1.00. The molecule has 0 radical (unpaired) electrons. The zero-order valence-electron chi connectivity index (χ0n) is 9.88. The lowest BCUT2D eigenvalue weighted by atomic mass is 9.58. The van der Waals surface area contributed by atoms with E-state index in [2.05, 4.69) is 0 Å². The summed E-state index contributed by atoms with van der Waals surface area (Å²) in [6.45, 7) is 0. The van der Waals surface area contributed by atoms with Crippen molar-refractivity contribution in [2.75, 3.05) is 0 Å². The third-order valence-corrected chi connectivity index (χ3v) is 5.39. The van der Waals surface area contributed by atoms with Crippen LogP contribution in [0, 0.1) is 23.7 Å². The second kappa shape index (κ2) is 4.27. The number of fused-ring (bicyclic) bond motifs is 2. The molecular weight excluding hydrogens is 206 g/mol. The van der Waals surface area contributed by atoms with Crippen LogP contribution in [0.15, 0.2) is 0 Å². The topological polar surface area (TPSA) is 0 Å². The minimum absolute atomic E-state index is 0.0584. The van der Waals surface area contributed by atoms with E-state index in [0.29, 0.717) is 0 Å². The van der Waals surface area contributed by atoms with Crippen molar-refractivity contribution in [3.05, 3.63) is 0 Å². The third-order valence-electron chi connectivity index (χ3n) is 5.39. The molecule has 0 aromatic carbocycles. The highest BCUT2D eigenvalue weighted by Gasteiger charge is 2.51. The molecule has 4 atom stereocenters. The van der Waals surface area contributed by atoms with Gasteiger partial charge in [0.05, 0.1) is 0 Å². The summed E-state index contributed by atoms with van der Waals surface area (Å²) in [5.41, 5.74) is 0. The van der Waals surface area contributed by atoms with Crippen molar-refractivity contribution in [1.29, 1.82) is 0 Å². The Morgan fingerprint density at radius 3 is 1.00 bits per heavy atom. The summed E-state index contributed by atoms with van der Waals surface area (Å²) < 4.78 is 28.9. The summed E-state index contributed by atoms with van der Waals surface area (Å²) in [5, 5.41) is 0. The number of alkyl halides is 2. The van der Waals surface area contributed by atoms with Gasteiger partial charge in [-0.05, 0) is 49.4 Å². The molecule has 0 heterocycles. The predicted molar refractivity (Wildman–Crippen MR) is 60.7 cm³/mol. The van der Waals surface area contributed by atoms with E-state index in [9.17, 15) is 8.78 Å². The van der Waals surface area contributed by atoms with Gasteiger partial charge in [-0.1, -0.05) is 25.7 Å². The molecule has 0 N–H and O–H groups in total. The molecule has 92 valence electrons. The van der Waals surface area contributed by atoms with Crippen molar-refractivity contribution in [2.45, 2.75) is 63.7 Å². The van der Waals surface area contributed by atoms with E-state index in [1.165, 1.54) is 0 Å². The van der Waals surface area contributed by atoms with E-state index in [0.717, 1.165) is 51.4 Å². The zero-order valence-corrected chi connectivity index (χ0v) is 9.88. The Morgan fingerprint density at radius 2 is 0.750 bits per heavy atom. The van der Waals surface area contributed by atoms with Gasteiger partial charge in [-0.2, -0.15) is 0 Å². The van der Waals surface area contributed by atoms with Crippen molar-refractivity contribution in [3.63, 3.8) is 0 Å². The highest BCUT2D eigenvalue weighted by atomic mass is 19.1. The van der Waals surface area contributed by atoms with E-state index in [-0.39, 0.29) is 23.7 Å². The molecule has 3 rings (SSSR count). The summed E-state index contributed by atoms with van der Waals surface area (Å²) in [7, 11) is 0. The maximum Gasteiger partial charge on any atom is 0.106 e. The number of hydrogen-bond acceptors (Lipinski definition) is 0. The Kier molecular flexibility index (Phi) is 2.93. The molecule has 0 saturated heterocycles. The van der Waals surface area contributed by atoms with Gasteiger partial charge < -0.3 is 0 Å². The van der Waals surface area contributed by atoms with Crippen LogP contribution in [0.3, 0.4) is 0 Å². The zero-order chi connectivity index (χ0) is 11.1. The largest absolute Gasteiger partial charge is 0.247 e. The Bertz CT molecular complexity index is 203. The fourth-order valence-electron chi connectivity index (χ4n) is 4.59. The first-order valence-corrected chi connectivity index (χ1v) is 7.07. The smallest absolute Gasteiger partial charge is 0.106 e. The second-order valence-electron chi connectivity index (χ2n) is 6.11. The summed E-state index contributed by atoms with van der Waals surface area (Å²) >= 11 is 0. The van der Waals surface area contributed by atoms with Gasteiger partial charge >= 0.3 is 0 Å². The normalized spacial score (nSPS) is 52.9. The van der Waals surface area contributed by atoms with Gasteiger partial charge in [0, 0.05) is 0 Å². The van der Waals surface area contributed by atoms with Gasteiger partial charge in [0.25, 0.3) is 0 Å². The van der Waals surface area contributed by atoms with E-state index >= 15 is 0 Å². The van der Waals surface area contributed by atoms with E-state index in [1.807, 2.05) is 0 Å². The molecule has 3 fully saturated rings. The molecular formula is C14H22F2. The summed E-state index contributed by atoms with van der Waals surface area (Å²) in [6.07, 6.45) is 6.84. The molecule has 16 heavy (non-hydrogen) atoms.